The van der Waals surface area contributed by atoms with Gasteiger partial charge >= 0.3 is 12.1 Å². The lowest BCUT2D eigenvalue weighted by molar-refractivity contribution is -0.137. The van der Waals surface area contributed by atoms with Gasteiger partial charge < -0.3 is 19.7 Å². The molecule has 5 rings (SSSR count). The average molecular weight is 539 g/mol. The largest absolute Gasteiger partial charge is 0.465 e. The fraction of sp³-hybridized carbons (Fsp3) is 0.423. The highest BCUT2D eigenvalue weighted by Crippen LogP contribution is 2.42. The number of methoxy groups -OCH3 is 1. The van der Waals surface area contributed by atoms with E-state index in [1.807, 2.05) is 12.1 Å². The van der Waals surface area contributed by atoms with Crippen molar-refractivity contribution in [3.05, 3.63) is 51.9 Å². The minimum atomic E-state index is -4.53. The number of esters is 1. The molecular weight excluding hydrogens is 513 g/mol. The first-order valence-corrected chi connectivity index (χ1v) is 13.1. The monoisotopic (exact) mass is 538 g/mol. The second kappa shape index (κ2) is 10.2. The molecule has 1 atom stereocenters. The first-order valence-electron chi connectivity index (χ1n) is 11.8. The number of alkyl halides is 3. The molecule has 0 spiro atoms. The third-order valence-corrected chi connectivity index (χ3v) is 8.16. The number of nitrogens with zero attached hydrogens (tertiary/aromatic N) is 1. The second-order valence-corrected chi connectivity index (χ2v) is 10.5. The normalized spacial score (nSPS) is 18.9. The summed E-state index contributed by atoms with van der Waals surface area (Å²) in [6.45, 7) is 2.59. The van der Waals surface area contributed by atoms with Crippen LogP contribution in [0.25, 0.3) is 21.2 Å². The van der Waals surface area contributed by atoms with Crippen molar-refractivity contribution in [1.82, 2.24) is 5.32 Å². The van der Waals surface area contributed by atoms with Crippen molar-refractivity contribution in [3.63, 3.8) is 0 Å². The Morgan fingerprint density at radius 1 is 1.28 bits per heavy atom. The Kier molecular flexibility index (Phi) is 7.18. The lowest BCUT2D eigenvalue weighted by atomic mass is 9.93. The second-order valence-electron chi connectivity index (χ2n) is 9.17. The first-order chi connectivity index (χ1) is 17.2. The molecule has 0 amide bonds. The molecule has 0 radical (unpaired) electrons. The average Bonchev–Trinajstić information content (AvgIpc) is 3.24. The number of hydrogen-bond acceptors (Lipinski definition) is 6. The van der Waals surface area contributed by atoms with Crippen molar-refractivity contribution in [2.45, 2.75) is 37.6 Å². The van der Waals surface area contributed by atoms with E-state index >= 15 is 0 Å². The zero-order valence-corrected chi connectivity index (χ0v) is 21.2. The summed E-state index contributed by atoms with van der Waals surface area (Å²) in [5, 5.41) is 5.59. The standard InChI is InChI=1S/C26H26ClF3N2O3S/c1-34-25(33)19-9-15(20-14-36-24-11-21(26(28,29)30)22(27)10-18(20)24)5-6-23(19)32-7-8-35-17(13-32)12-31-16-3-2-4-16/h5-6,9-11,14,16-17,31H,2-4,7-8,12-13H2,1H3/t17-/m1/s1. The Hall–Kier alpha value is -2.33. The van der Waals surface area contributed by atoms with Crippen molar-refractivity contribution in [2.24, 2.45) is 0 Å². The van der Waals surface area contributed by atoms with E-state index in [2.05, 4.69) is 10.2 Å². The van der Waals surface area contributed by atoms with Crippen LogP contribution in [-0.4, -0.2) is 51.5 Å². The number of anilines is 1. The smallest absolute Gasteiger partial charge is 0.417 e. The molecule has 1 saturated heterocycles. The van der Waals surface area contributed by atoms with E-state index in [-0.39, 0.29) is 11.1 Å². The van der Waals surface area contributed by atoms with Gasteiger partial charge in [0.1, 0.15) is 0 Å². The van der Waals surface area contributed by atoms with Crippen LogP contribution in [0.15, 0.2) is 35.7 Å². The zero-order chi connectivity index (χ0) is 25.4. The van der Waals surface area contributed by atoms with Crippen LogP contribution in [0.4, 0.5) is 18.9 Å². The molecule has 2 aliphatic rings. The molecule has 2 heterocycles. The van der Waals surface area contributed by atoms with Gasteiger partial charge in [-0.2, -0.15) is 13.2 Å². The van der Waals surface area contributed by atoms with Gasteiger partial charge in [0.2, 0.25) is 0 Å². The van der Waals surface area contributed by atoms with Gasteiger partial charge in [-0.05, 0) is 48.1 Å². The Bertz CT molecular complexity index is 1280. The maximum atomic E-state index is 13.3. The number of carbonyl (C=O) groups excluding carboxylic acids is 1. The van der Waals surface area contributed by atoms with Crippen molar-refractivity contribution in [1.29, 1.82) is 0 Å². The van der Waals surface area contributed by atoms with Crippen LogP contribution >= 0.6 is 22.9 Å². The maximum Gasteiger partial charge on any atom is 0.417 e. The lowest BCUT2D eigenvalue weighted by Crippen LogP contribution is -2.49. The number of morpholine rings is 1. The predicted octanol–water partition coefficient (Wildman–Crippen LogP) is 6.37. The number of carbonyl (C=O) groups is 1. The molecule has 192 valence electrons. The van der Waals surface area contributed by atoms with Crippen LogP contribution in [-0.2, 0) is 15.7 Å². The molecule has 10 heteroatoms. The Balaban J connectivity index is 1.45. The molecule has 1 saturated carbocycles. The van der Waals surface area contributed by atoms with Gasteiger partial charge in [0.05, 0.1) is 41.7 Å². The fourth-order valence-electron chi connectivity index (χ4n) is 4.71. The molecule has 5 nitrogen and oxygen atoms in total. The van der Waals surface area contributed by atoms with Gasteiger partial charge in [0.25, 0.3) is 0 Å². The van der Waals surface area contributed by atoms with Crippen LogP contribution in [0.5, 0.6) is 0 Å². The topological polar surface area (TPSA) is 50.8 Å². The van der Waals surface area contributed by atoms with Crippen molar-refractivity contribution in [3.8, 4) is 11.1 Å². The fourth-order valence-corrected chi connectivity index (χ4v) is 5.97. The van der Waals surface area contributed by atoms with Crippen LogP contribution in [0.2, 0.25) is 5.02 Å². The summed E-state index contributed by atoms with van der Waals surface area (Å²) >= 11 is 7.20. The molecule has 36 heavy (non-hydrogen) atoms. The van der Waals surface area contributed by atoms with Crippen LogP contribution in [0.1, 0.15) is 35.2 Å². The van der Waals surface area contributed by atoms with E-state index in [0.29, 0.717) is 52.5 Å². The quantitative estimate of drug-likeness (QED) is 0.369. The maximum absolute atomic E-state index is 13.3. The zero-order valence-electron chi connectivity index (χ0n) is 19.7. The van der Waals surface area contributed by atoms with Gasteiger partial charge in [-0.25, -0.2) is 4.79 Å². The van der Waals surface area contributed by atoms with E-state index in [1.165, 1.54) is 43.8 Å². The number of nitrogens with one attached hydrogen (secondary N) is 1. The van der Waals surface area contributed by atoms with Gasteiger partial charge in [0, 0.05) is 41.3 Å². The summed E-state index contributed by atoms with van der Waals surface area (Å²) in [4.78, 5) is 14.9. The molecule has 2 aromatic carbocycles. The number of thiophene rings is 1. The number of fused-ring (bicyclic) bond motifs is 1. The number of rotatable bonds is 6. The summed E-state index contributed by atoms with van der Waals surface area (Å²) in [6, 6.07) is 8.48. The Morgan fingerprint density at radius 3 is 2.78 bits per heavy atom. The first kappa shape index (κ1) is 25.3. The van der Waals surface area contributed by atoms with Gasteiger partial charge in [0.15, 0.2) is 0 Å². The van der Waals surface area contributed by atoms with E-state index < -0.39 is 17.7 Å². The summed E-state index contributed by atoms with van der Waals surface area (Å²) < 4.78 is 51.4. The molecule has 0 unspecified atom stereocenters. The third kappa shape index (κ3) is 5.07. The Labute approximate surface area is 216 Å². The van der Waals surface area contributed by atoms with Gasteiger partial charge in [-0.1, -0.05) is 24.1 Å². The van der Waals surface area contributed by atoms with E-state index in [9.17, 15) is 18.0 Å². The molecule has 0 bridgehead atoms. The molecule has 1 N–H and O–H groups in total. The Morgan fingerprint density at radius 2 is 2.08 bits per heavy atom. The molecule has 3 aromatic rings. The minimum Gasteiger partial charge on any atom is -0.465 e. The number of halogens is 4. The number of benzene rings is 2. The van der Waals surface area contributed by atoms with Crippen LogP contribution < -0.4 is 10.2 Å². The van der Waals surface area contributed by atoms with Crippen LogP contribution in [0.3, 0.4) is 0 Å². The molecule has 1 aliphatic carbocycles. The summed E-state index contributed by atoms with van der Waals surface area (Å²) in [7, 11) is 1.34. The number of ether oxygens (including phenoxy) is 2. The predicted molar refractivity (Wildman–Crippen MR) is 136 cm³/mol. The SMILES string of the molecule is COC(=O)c1cc(-c2csc3cc(C(F)(F)F)c(Cl)cc23)ccc1N1CCO[C@H](CNC2CCC2)C1. The van der Waals surface area contributed by atoms with Crippen molar-refractivity contribution in [2.75, 3.05) is 38.3 Å². The van der Waals surface area contributed by atoms with Crippen LogP contribution in [0, 0.1) is 0 Å². The molecular formula is C26H26ClF3N2O3S. The van der Waals surface area contributed by atoms with Crippen molar-refractivity contribution < 1.29 is 27.4 Å². The third-order valence-electron chi connectivity index (χ3n) is 6.90. The van der Waals surface area contributed by atoms with Crippen molar-refractivity contribution >= 4 is 44.7 Å². The highest BCUT2D eigenvalue weighted by molar-refractivity contribution is 7.17. The molecule has 2 fully saturated rings. The summed E-state index contributed by atoms with van der Waals surface area (Å²) in [5.41, 5.74) is 1.72. The summed E-state index contributed by atoms with van der Waals surface area (Å²) in [5.74, 6) is -0.473. The lowest BCUT2D eigenvalue weighted by Gasteiger charge is -2.37. The molecule has 1 aromatic heterocycles. The minimum absolute atomic E-state index is 0.00955. The highest BCUT2D eigenvalue weighted by atomic mass is 35.5. The number of hydrogen-bond donors (Lipinski definition) is 1. The highest BCUT2D eigenvalue weighted by Gasteiger charge is 2.34. The summed E-state index contributed by atoms with van der Waals surface area (Å²) in [6.07, 6.45) is -0.859. The van der Waals surface area contributed by atoms with E-state index in [4.69, 9.17) is 21.1 Å². The van der Waals surface area contributed by atoms with Gasteiger partial charge in [-0.3, -0.25) is 0 Å². The van der Waals surface area contributed by atoms with Gasteiger partial charge in [-0.15, -0.1) is 11.3 Å². The molecule has 1 aliphatic heterocycles. The van der Waals surface area contributed by atoms with E-state index in [0.717, 1.165) is 18.3 Å². The van der Waals surface area contributed by atoms with E-state index in [1.54, 1.807) is 11.4 Å².